The Morgan fingerprint density at radius 3 is 2.38 bits per heavy atom. The molecule has 0 saturated carbocycles. The van der Waals surface area contributed by atoms with Gasteiger partial charge in [0.2, 0.25) is 0 Å². The van der Waals surface area contributed by atoms with E-state index in [2.05, 4.69) is 5.32 Å². The van der Waals surface area contributed by atoms with Crippen LogP contribution in [0.1, 0.15) is 22.8 Å². The van der Waals surface area contributed by atoms with Crippen molar-refractivity contribution in [3.63, 3.8) is 0 Å². The minimum Gasteiger partial charge on any atom is -0.462 e. The molecule has 0 aliphatic heterocycles. The second kappa shape index (κ2) is 12.0. The summed E-state index contributed by atoms with van der Waals surface area (Å²) < 4.78 is 10.1. The van der Waals surface area contributed by atoms with Gasteiger partial charge in [-0.3, -0.25) is 4.79 Å². The summed E-state index contributed by atoms with van der Waals surface area (Å²) in [6.07, 6.45) is 2.60. The van der Waals surface area contributed by atoms with Crippen molar-refractivity contribution in [1.82, 2.24) is 0 Å². The lowest BCUT2D eigenvalue weighted by molar-refractivity contribution is -0.142. The molecule has 2 aromatic carbocycles. The van der Waals surface area contributed by atoms with Gasteiger partial charge in [0, 0.05) is 32.1 Å². The molecule has 0 spiro atoms. The molecule has 0 radical (unpaired) electrons. The van der Waals surface area contributed by atoms with Crippen molar-refractivity contribution in [2.24, 2.45) is 0 Å². The van der Waals surface area contributed by atoms with Crippen LogP contribution in [-0.2, 0) is 19.1 Å². The third-order valence-corrected chi connectivity index (χ3v) is 6.10. The number of halogens is 3. The first-order valence-electron chi connectivity index (χ1n) is 9.92. The quantitative estimate of drug-likeness (QED) is 0.253. The van der Waals surface area contributed by atoms with Crippen LogP contribution in [0.25, 0.3) is 17.2 Å². The normalized spacial score (nSPS) is 10.8. The Bertz CT molecular complexity index is 1240. The maximum Gasteiger partial charge on any atom is 0.341 e. The second-order valence-electron chi connectivity index (χ2n) is 6.74. The Balaban J connectivity index is 1.68. The molecule has 1 aromatic heterocycles. The topological polar surface area (TPSA) is 81.7 Å². The van der Waals surface area contributed by atoms with E-state index in [1.165, 1.54) is 6.08 Å². The zero-order valence-corrected chi connectivity index (χ0v) is 20.9. The van der Waals surface area contributed by atoms with Crippen LogP contribution >= 0.6 is 46.1 Å². The molecule has 3 rings (SSSR count). The summed E-state index contributed by atoms with van der Waals surface area (Å²) in [4.78, 5) is 37.0. The number of nitrogens with one attached hydrogen (secondary N) is 1. The average molecular weight is 539 g/mol. The maximum absolute atomic E-state index is 12.6. The van der Waals surface area contributed by atoms with Gasteiger partial charge in [-0.2, -0.15) is 0 Å². The molecule has 3 aromatic rings. The van der Waals surface area contributed by atoms with E-state index in [0.29, 0.717) is 26.2 Å². The minimum atomic E-state index is -0.736. The third kappa shape index (κ3) is 6.84. The van der Waals surface area contributed by atoms with Gasteiger partial charge in [0.25, 0.3) is 5.91 Å². The molecule has 0 fully saturated rings. The van der Waals surface area contributed by atoms with Crippen LogP contribution in [0.2, 0.25) is 15.1 Å². The number of amides is 1. The van der Waals surface area contributed by atoms with Crippen LogP contribution in [0, 0.1) is 0 Å². The molecule has 0 atom stereocenters. The van der Waals surface area contributed by atoms with E-state index in [0.717, 1.165) is 23.0 Å². The summed E-state index contributed by atoms with van der Waals surface area (Å²) in [5, 5.41) is 6.02. The molecule has 10 heteroatoms. The van der Waals surface area contributed by atoms with Crippen molar-refractivity contribution in [2.75, 3.05) is 18.5 Å². The summed E-state index contributed by atoms with van der Waals surface area (Å²) in [6, 6.07) is 11.7. The predicted molar refractivity (Wildman–Crippen MR) is 136 cm³/mol. The van der Waals surface area contributed by atoms with Gasteiger partial charge in [-0.25, -0.2) is 9.59 Å². The van der Waals surface area contributed by atoms with E-state index < -0.39 is 24.5 Å². The van der Waals surface area contributed by atoms with Crippen molar-refractivity contribution in [1.29, 1.82) is 0 Å². The first-order chi connectivity index (χ1) is 16.3. The molecule has 1 amide bonds. The molecule has 0 bridgehead atoms. The molecule has 0 saturated heterocycles. The van der Waals surface area contributed by atoms with Crippen LogP contribution < -0.4 is 5.32 Å². The highest BCUT2D eigenvalue weighted by atomic mass is 35.5. The first kappa shape index (κ1) is 25.8. The summed E-state index contributed by atoms with van der Waals surface area (Å²) in [5.41, 5.74) is 2.11. The Morgan fingerprint density at radius 2 is 1.71 bits per heavy atom. The van der Waals surface area contributed by atoms with Gasteiger partial charge >= 0.3 is 11.9 Å². The van der Waals surface area contributed by atoms with Crippen molar-refractivity contribution < 1.29 is 23.9 Å². The van der Waals surface area contributed by atoms with E-state index in [1.807, 2.05) is 0 Å². The van der Waals surface area contributed by atoms with Crippen molar-refractivity contribution in [3.8, 4) is 11.1 Å². The molecule has 6 nitrogen and oxygen atoms in total. The van der Waals surface area contributed by atoms with Crippen LogP contribution in [0.4, 0.5) is 5.00 Å². The number of ether oxygens (including phenoxy) is 2. The van der Waals surface area contributed by atoms with Gasteiger partial charge in [-0.1, -0.05) is 53.0 Å². The van der Waals surface area contributed by atoms with E-state index in [-0.39, 0.29) is 17.2 Å². The van der Waals surface area contributed by atoms with Crippen LogP contribution in [0.5, 0.6) is 0 Å². The van der Waals surface area contributed by atoms with Crippen LogP contribution in [0.15, 0.2) is 53.9 Å². The molecular weight excluding hydrogens is 521 g/mol. The van der Waals surface area contributed by atoms with Gasteiger partial charge in [-0.15, -0.1) is 11.3 Å². The predicted octanol–water partition coefficient (Wildman–Crippen LogP) is 6.75. The SMILES string of the molecule is CCOC(=O)c1c(-c2ccc(Cl)cc2)csc1NC(=O)COC(=O)C=Cc1ccc(Cl)cc1Cl. The molecule has 0 aliphatic rings. The van der Waals surface area contributed by atoms with Gasteiger partial charge in [0.05, 0.1) is 6.61 Å². The number of rotatable bonds is 8. The van der Waals surface area contributed by atoms with Gasteiger partial charge in [0.15, 0.2) is 6.61 Å². The Hall–Kier alpha value is -2.84. The fraction of sp³-hybridized carbons (Fsp3) is 0.125. The standard InChI is InChI=1S/C24H18Cl3NO5S/c1-2-32-24(31)22-18(14-3-7-16(25)8-4-14)13-34-23(22)28-20(29)12-33-21(30)10-6-15-5-9-17(26)11-19(15)27/h3-11,13H,2,12H2,1H3,(H,28,29). The Labute approximate surface area is 215 Å². The lowest BCUT2D eigenvalue weighted by Crippen LogP contribution is -2.21. The molecule has 0 unspecified atom stereocenters. The second-order valence-corrected chi connectivity index (χ2v) is 8.90. The summed E-state index contributed by atoms with van der Waals surface area (Å²) >= 11 is 19.0. The molecule has 176 valence electrons. The summed E-state index contributed by atoms with van der Waals surface area (Å²) in [5.74, 6) is -1.93. The lowest BCUT2D eigenvalue weighted by Gasteiger charge is -2.09. The van der Waals surface area contributed by atoms with Gasteiger partial charge < -0.3 is 14.8 Å². The Kier molecular flexibility index (Phi) is 9.12. The highest BCUT2D eigenvalue weighted by molar-refractivity contribution is 7.15. The fourth-order valence-electron chi connectivity index (χ4n) is 2.84. The summed E-state index contributed by atoms with van der Waals surface area (Å²) in [6.45, 7) is 1.31. The fourth-order valence-corrected chi connectivity index (χ4v) is 4.41. The van der Waals surface area contributed by atoms with E-state index >= 15 is 0 Å². The van der Waals surface area contributed by atoms with Gasteiger partial charge in [0.1, 0.15) is 10.6 Å². The number of carbonyl (C=O) groups is 3. The van der Waals surface area contributed by atoms with E-state index in [9.17, 15) is 14.4 Å². The molecular formula is C24H18Cl3NO5S. The molecule has 0 aliphatic carbocycles. The Morgan fingerprint density at radius 1 is 1.00 bits per heavy atom. The lowest BCUT2D eigenvalue weighted by atomic mass is 10.0. The average Bonchev–Trinajstić information content (AvgIpc) is 3.21. The monoisotopic (exact) mass is 537 g/mol. The van der Waals surface area contributed by atoms with Crippen molar-refractivity contribution in [2.45, 2.75) is 6.92 Å². The number of anilines is 1. The molecule has 1 heterocycles. The number of carbonyl (C=O) groups excluding carboxylic acids is 3. The molecule has 34 heavy (non-hydrogen) atoms. The third-order valence-electron chi connectivity index (χ3n) is 4.39. The minimum absolute atomic E-state index is 0.170. The zero-order chi connectivity index (χ0) is 24.7. The number of esters is 2. The maximum atomic E-state index is 12.6. The van der Waals surface area contributed by atoms with Gasteiger partial charge in [-0.05, 0) is 48.4 Å². The van der Waals surface area contributed by atoms with E-state index in [1.54, 1.807) is 54.8 Å². The number of hydrogen-bond donors (Lipinski definition) is 1. The number of thiophene rings is 1. The van der Waals surface area contributed by atoms with E-state index in [4.69, 9.17) is 44.3 Å². The number of hydrogen-bond acceptors (Lipinski definition) is 6. The van der Waals surface area contributed by atoms with Crippen LogP contribution in [0.3, 0.4) is 0 Å². The highest BCUT2D eigenvalue weighted by Crippen LogP contribution is 2.36. The zero-order valence-electron chi connectivity index (χ0n) is 17.8. The summed E-state index contributed by atoms with van der Waals surface area (Å²) in [7, 11) is 0. The smallest absolute Gasteiger partial charge is 0.341 e. The number of benzene rings is 2. The van der Waals surface area contributed by atoms with Crippen molar-refractivity contribution in [3.05, 3.63) is 80.1 Å². The first-order valence-corrected chi connectivity index (χ1v) is 11.9. The van der Waals surface area contributed by atoms with Crippen molar-refractivity contribution >= 4 is 75.1 Å². The molecule has 1 N–H and O–H groups in total. The highest BCUT2D eigenvalue weighted by Gasteiger charge is 2.23. The largest absolute Gasteiger partial charge is 0.462 e. The van der Waals surface area contributed by atoms with Crippen LogP contribution in [-0.4, -0.2) is 31.1 Å².